The van der Waals surface area contributed by atoms with Crippen LogP contribution in [-0.2, 0) is 9.47 Å². The smallest absolute Gasteiger partial charge is 0.102 e. The van der Waals surface area contributed by atoms with Gasteiger partial charge in [-0.15, -0.1) is 11.6 Å². The van der Waals surface area contributed by atoms with Crippen LogP contribution < -0.4 is 0 Å². The molecule has 0 atom stereocenters. The predicted molar refractivity (Wildman–Crippen MR) is 73.7 cm³/mol. The summed E-state index contributed by atoms with van der Waals surface area (Å²) in [5, 5.41) is 0. The molecule has 0 unspecified atom stereocenters. The van der Waals surface area contributed by atoms with E-state index in [2.05, 4.69) is 7.05 Å². The highest BCUT2D eigenvalue weighted by molar-refractivity contribution is 6.17. The van der Waals surface area contributed by atoms with Gasteiger partial charge in [0.1, 0.15) is 6.54 Å². The minimum absolute atomic E-state index is 0.564. The Kier molecular flexibility index (Phi) is 11.4. The van der Waals surface area contributed by atoms with Gasteiger partial charge in [0, 0.05) is 18.7 Å². The molecule has 0 aliphatic carbocycles. The topological polar surface area (TPSA) is 18.5 Å². The van der Waals surface area contributed by atoms with Crippen LogP contribution in [0.4, 0.5) is 0 Å². The summed E-state index contributed by atoms with van der Waals surface area (Å²) >= 11 is 5.48. The molecular weight excluding hydrogens is 238 g/mol. The van der Waals surface area contributed by atoms with Gasteiger partial charge in [-0.1, -0.05) is 13.8 Å². The van der Waals surface area contributed by atoms with E-state index in [0.717, 1.165) is 13.2 Å². The van der Waals surface area contributed by atoms with Crippen LogP contribution in [0.3, 0.4) is 0 Å². The van der Waals surface area contributed by atoms with E-state index in [1.165, 1.54) is 30.4 Å². The van der Waals surface area contributed by atoms with Crippen LogP contribution in [-0.4, -0.2) is 63.5 Å². The fourth-order valence-corrected chi connectivity index (χ4v) is 2.09. The molecule has 104 valence electrons. The lowest BCUT2D eigenvalue weighted by Crippen LogP contribution is -2.43. The maximum absolute atomic E-state index is 5.52. The highest BCUT2D eigenvalue weighted by atomic mass is 35.5. The molecule has 3 nitrogen and oxygen atoms in total. The second kappa shape index (κ2) is 11.3. The molecule has 1 aliphatic rings. The monoisotopic (exact) mass is 266 g/mol. The van der Waals surface area contributed by atoms with Crippen LogP contribution in [0.1, 0.15) is 26.7 Å². The fraction of sp³-hybridized carbons (Fsp3) is 1.00. The van der Waals surface area contributed by atoms with Gasteiger partial charge in [0.2, 0.25) is 0 Å². The van der Waals surface area contributed by atoms with E-state index in [0.29, 0.717) is 25.7 Å². The SMILES string of the molecule is CC.C[N+]1(CCOCCOCCCl)CCCC1. The van der Waals surface area contributed by atoms with Gasteiger partial charge in [-0.3, -0.25) is 0 Å². The minimum atomic E-state index is 0.564. The number of likely N-dealkylation sites (tertiary alicyclic amines) is 1. The van der Waals surface area contributed by atoms with Gasteiger partial charge in [0.25, 0.3) is 0 Å². The van der Waals surface area contributed by atoms with Crippen molar-refractivity contribution in [3.63, 3.8) is 0 Å². The van der Waals surface area contributed by atoms with Crippen molar-refractivity contribution in [2.45, 2.75) is 26.7 Å². The molecule has 0 bridgehead atoms. The maximum atomic E-state index is 5.52. The van der Waals surface area contributed by atoms with Crippen LogP contribution in [0.5, 0.6) is 0 Å². The summed E-state index contributed by atoms with van der Waals surface area (Å²) in [5.41, 5.74) is 0. The van der Waals surface area contributed by atoms with Gasteiger partial charge in [0.05, 0.1) is 46.6 Å². The van der Waals surface area contributed by atoms with Crippen molar-refractivity contribution in [1.82, 2.24) is 0 Å². The lowest BCUT2D eigenvalue weighted by molar-refractivity contribution is -0.898. The quantitative estimate of drug-likeness (QED) is 0.382. The minimum Gasteiger partial charge on any atom is -0.378 e. The van der Waals surface area contributed by atoms with Crippen molar-refractivity contribution in [2.75, 3.05) is 59.0 Å². The zero-order valence-corrected chi connectivity index (χ0v) is 12.5. The molecule has 0 aromatic rings. The second-order valence-electron chi connectivity index (χ2n) is 4.41. The molecule has 0 aromatic carbocycles. The van der Waals surface area contributed by atoms with Crippen molar-refractivity contribution in [1.29, 1.82) is 0 Å². The lowest BCUT2D eigenvalue weighted by atomic mass is 10.4. The standard InChI is InChI=1S/C11H23ClNO2.C2H6/c1-13(5-2-3-6-13)7-9-15-11-10-14-8-4-12;1-2/h2-11H2,1H3;1-2H3/q+1;. The van der Waals surface area contributed by atoms with Crippen LogP contribution in [0.2, 0.25) is 0 Å². The Morgan fingerprint density at radius 3 is 2.00 bits per heavy atom. The zero-order valence-electron chi connectivity index (χ0n) is 11.7. The van der Waals surface area contributed by atoms with Crippen molar-refractivity contribution in [3.05, 3.63) is 0 Å². The van der Waals surface area contributed by atoms with E-state index in [9.17, 15) is 0 Å². The largest absolute Gasteiger partial charge is 0.378 e. The number of ether oxygens (including phenoxy) is 2. The molecule has 1 heterocycles. The summed E-state index contributed by atoms with van der Waals surface area (Å²) in [6.07, 6.45) is 2.74. The molecule has 1 rings (SSSR count). The van der Waals surface area contributed by atoms with Crippen molar-refractivity contribution >= 4 is 11.6 Å². The Hall–Kier alpha value is 0.170. The number of nitrogens with zero attached hydrogens (tertiary/aromatic N) is 1. The molecule has 0 N–H and O–H groups in total. The van der Waals surface area contributed by atoms with E-state index < -0.39 is 0 Å². The molecular formula is C13H29ClNO2+. The fourth-order valence-electron chi connectivity index (χ4n) is 1.98. The van der Waals surface area contributed by atoms with Crippen LogP contribution in [0.15, 0.2) is 0 Å². The number of hydrogen-bond acceptors (Lipinski definition) is 2. The summed E-state index contributed by atoms with van der Waals surface area (Å²) < 4.78 is 11.9. The molecule has 0 amide bonds. The van der Waals surface area contributed by atoms with E-state index in [1.54, 1.807) is 0 Å². The van der Waals surface area contributed by atoms with E-state index in [4.69, 9.17) is 21.1 Å². The molecule has 0 saturated carbocycles. The lowest BCUT2D eigenvalue weighted by Gasteiger charge is -2.28. The number of alkyl halides is 1. The number of likely N-dealkylation sites (N-methyl/N-ethyl adjacent to an activating group) is 1. The number of hydrogen-bond donors (Lipinski definition) is 0. The first-order valence-corrected chi connectivity index (χ1v) is 7.35. The molecule has 17 heavy (non-hydrogen) atoms. The van der Waals surface area contributed by atoms with E-state index in [-0.39, 0.29) is 0 Å². The first kappa shape index (κ1) is 17.2. The van der Waals surface area contributed by atoms with Crippen LogP contribution in [0, 0.1) is 0 Å². The summed E-state index contributed by atoms with van der Waals surface area (Å²) in [5.74, 6) is 0.564. The molecule has 0 spiro atoms. The van der Waals surface area contributed by atoms with Crippen LogP contribution in [0.25, 0.3) is 0 Å². The number of halogens is 1. The van der Waals surface area contributed by atoms with Crippen molar-refractivity contribution in [3.8, 4) is 0 Å². The highest BCUT2D eigenvalue weighted by Crippen LogP contribution is 2.15. The summed E-state index contributed by atoms with van der Waals surface area (Å²) in [6.45, 7) is 10.6. The third-order valence-electron chi connectivity index (χ3n) is 3.01. The van der Waals surface area contributed by atoms with Gasteiger partial charge >= 0.3 is 0 Å². The molecule has 1 saturated heterocycles. The summed E-state index contributed by atoms with van der Waals surface area (Å²) in [7, 11) is 2.32. The first-order valence-electron chi connectivity index (χ1n) is 6.82. The Balaban J connectivity index is 0.00000121. The third-order valence-corrected chi connectivity index (χ3v) is 3.17. The third kappa shape index (κ3) is 8.83. The summed E-state index contributed by atoms with van der Waals surface area (Å²) in [4.78, 5) is 0. The zero-order chi connectivity index (χ0) is 13.0. The van der Waals surface area contributed by atoms with Gasteiger partial charge in [-0.2, -0.15) is 0 Å². The van der Waals surface area contributed by atoms with E-state index in [1.807, 2.05) is 13.8 Å². The normalized spacial score (nSPS) is 17.6. The molecule has 4 heteroatoms. The molecule has 1 aliphatic heterocycles. The van der Waals surface area contributed by atoms with Gasteiger partial charge < -0.3 is 14.0 Å². The van der Waals surface area contributed by atoms with Gasteiger partial charge in [-0.05, 0) is 0 Å². The molecule has 0 radical (unpaired) electrons. The Labute approximate surface area is 112 Å². The summed E-state index contributed by atoms with van der Waals surface area (Å²) in [6, 6.07) is 0. The highest BCUT2D eigenvalue weighted by Gasteiger charge is 2.25. The maximum Gasteiger partial charge on any atom is 0.102 e. The van der Waals surface area contributed by atoms with Gasteiger partial charge in [-0.25, -0.2) is 0 Å². The predicted octanol–water partition coefficient (Wildman–Crippen LogP) is 2.53. The van der Waals surface area contributed by atoms with Gasteiger partial charge in [0.15, 0.2) is 0 Å². The number of rotatable bonds is 8. The average Bonchev–Trinajstić information content (AvgIpc) is 2.78. The van der Waals surface area contributed by atoms with Crippen LogP contribution >= 0.6 is 11.6 Å². The molecule has 0 aromatic heterocycles. The van der Waals surface area contributed by atoms with Crippen molar-refractivity contribution < 1.29 is 14.0 Å². The Morgan fingerprint density at radius 1 is 0.941 bits per heavy atom. The Bertz CT molecular complexity index is 161. The number of quaternary nitrogens is 1. The second-order valence-corrected chi connectivity index (χ2v) is 4.79. The van der Waals surface area contributed by atoms with Crippen molar-refractivity contribution in [2.24, 2.45) is 0 Å². The Morgan fingerprint density at radius 2 is 1.47 bits per heavy atom. The molecule has 1 fully saturated rings. The average molecular weight is 267 g/mol. The van der Waals surface area contributed by atoms with E-state index >= 15 is 0 Å². The first-order chi connectivity index (χ1) is 8.27.